The number of nitrogens with zero attached hydrogens (tertiary/aromatic N) is 4. The Morgan fingerprint density at radius 1 is 1.50 bits per heavy atom. The number of aromatic nitrogens is 2. The van der Waals surface area contributed by atoms with Gasteiger partial charge in [-0.2, -0.15) is 0 Å². The first-order valence-electron chi connectivity index (χ1n) is 7.67. The van der Waals surface area contributed by atoms with Crippen LogP contribution in [0.3, 0.4) is 0 Å². The summed E-state index contributed by atoms with van der Waals surface area (Å²) in [6.07, 6.45) is 5.21. The first kappa shape index (κ1) is 14.8. The summed E-state index contributed by atoms with van der Waals surface area (Å²) in [6, 6.07) is 6.01. The molecule has 22 heavy (non-hydrogen) atoms. The summed E-state index contributed by atoms with van der Waals surface area (Å²) in [7, 11) is 3.59. The van der Waals surface area contributed by atoms with Crippen LogP contribution in [0.5, 0.6) is 0 Å². The molecule has 1 fully saturated rings. The van der Waals surface area contributed by atoms with Gasteiger partial charge in [0.25, 0.3) is 0 Å². The molecular formula is C16H23N5O. The van der Waals surface area contributed by atoms with E-state index in [1.165, 1.54) is 0 Å². The van der Waals surface area contributed by atoms with Crippen molar-refractivity contribution in [1.82, 2.24) is 19.6 Å². The van der Waals surface area contributed by atoms with Crippen molar-refractivity contribution in [1.29, 1.82) is 0 Å². The monoisotopic (exact) mass is 301 g/mol. The molecule has 1 aliphatic rings. The average molecular weight is 301 g/mol. The molecule has 118 valence electrons. The smallest absolute Gasteiger partial charge is 0.193 e. The summed E-state index contributed by atoms with van der Waals surface area (Å²) < 4.78 is 7.28. The molecule has 6 heteroatoms. The number of methoxy groups -OCH3 is 1. The number of guanidine groups is 1. The fourth-order valence-electron chi connectivity index (χ4n) is 2.97. The average Bonchev–Trinajstić information content (AvgIpc) is 3.15. The van der Waals surface area contributed by atoms with Crippen LogP contribution in [0.2, 0.25) is 0 Å². The van der Waals surface area contributed by atoms with Crippen molar-refractivity contribution in [2.24, 2.45) is 10.9 Å². The molecule has 1 N–H and O–H groups in total. The molecular weight excluding hydrogens is 278 g/mol. The summed E-state index contributed by atoms with van der Waals surface area (Å²) in [5.74, 6) is 1.54. The number of ether oxygens (including phenoxy) is 1. The largest absolute Gasteiger partial charge is 0.384 e. The van der Waals surface area contributed by atoms with Crippen molar-refractivity contribution in [3.63, 3.8) is 0 Å². The zero-order valence-electron chi connectivity index (χ0n) is 13.2. The van der Waals surface area contributed by atoms with Crippen LogP contribution >= 0.6 is 0 Å². The predicted molar refractivity (Wildman–Crippen MR) is 86.9 cm³/mol. The highest BCUT2D eigenvalue weighted by atomic mass is 16.5. The lowest BCUT2D eigenvalue weighted by Crippen LogP contribution is -2.39. The quantitative estimate of drug-likeness (QED) is 0.685. The first-order valence-corrected chi connectivity index (χ1v) is 7.67. The van der Waals surface area contributed by atoms with E-state index in [2.05, 4.69) is 20.2 Å². The van der Waals surface area contributed by atoms with Crippen LogP contribution in [-0.2, 0) is 11.3 Å². The van der Waals surface area contributed by atoms with E-state index in [0.29, 0.717) is 12.5 Å². The summed E-state index contributed by atoms with van der Waals surface area (Å²) in [6.45, 7) is 3.53. The molecule has 1 unspecified atom stereocenters. The molecule has 0 aliphatic carbocycles. The number of rotatable bonds is 4. The minimum atomic E-state index is 0.596. The summed E-state index contributed by atoms with van der Waals surface area (Å²) in [5, 5.41) is 3.41. The van der Waals surface area contributed by atoms with Gasteiger partial charge in [0.1, 0.15) is 5.65 Å². The van der Waals surface area contributed by atoms with Crippen molar-refractivity contribution >= 4 is 11.6 Å². The van der Waals surface area contributed by atoms with E-state index in [1.807, 2.05) is 42.0 Å². The third-order valence-electron chi connectivity index (χ3n) is 4.04. The van der Waals surface area contributed by atoms with Crippen LogP contribution in [0.25, 0.3) is 5.65 Å². The van der Waals surface area contributed by atoms with Gasteiger partial charge in [-0.1, -0.05) is 6.07 Å². The summed E-state index contributed by atoms with van der Waals surface area (Å²) in [4.78, 5) is 11.3. The Morgan fingerprint density at radius 2 is 2.41 bits per heavy atom. The number of pyridine rings is 1. The second kappa shape index (κ2) is 6.79. The van der Waals surface area contributed by atoms with Gasteiger partial charge in [0.2, 0.25) is 0 Å². The summed E-state index contributed by atoms with van der Waals surface area (Å²) >= 11 is 0. The summed E-state index contributed by atoms with van der Waals surface area (Å²) in [5.41, 5.74) is 1.98. The number of likely N-dealkylation sites (tertiary alicyclic amines) is 1. The van der Waals surface area contributed by atoms with Gasteiger partial charge >= 0.3 is 0 Å². The Kier molecular flexibility index (Phi) is 4.58. The molecule has 3 heterocycles. The van der Waals surface area contributed by atoms with Crippen molar-refractivity contribution in [2.45, 2.75) is 13.0 Å². The minimum Gasteiger partial charge on any atom is -0.384 e. The second-order valence-corrected chi connectivity index (χ2v) is 5.66. The van der Waals surface area contributed by atoms with Gasteiger partial charge in [-0.05, 0) is 18.6 Å². The Bertz CT molecular complexity index is 618. The van der Waals surface area contributed by atoms with Crippen molar-refractivity contribution < 1.29 is 4.74 Å². The lowest BCUT2D eigenvalue weighted by atomic mass is 10.1. The van der Waals surface area contributed by atoms with E-state index in [9.17, 15) is 0 Å². The maximum absolute atomic E-state index is 5.25. The number of hydrogen-bond donors (Lipinski definition) is 1. The predicted octanol–water partition coefficient (Wildman–Crippen LogP) is 1.38. The zero-order chi connectivity index (χ0) is 15.4. The maximum atomic E-state index is 5.25. The third-order valence-corrected chi connectivity index (χ3v) is 4.04. The second-order valence-electron chi connectivity index (χ2n) is 5.66. The molecule has 2 aromatic rings. The highest BCUT2D eigenvalue weighted by molar-refractivity contribution is 5.80. The van der Waals surface area contributed by atoms with Gasteiger partial charge in [-0.25, -0.2) is 4.98 Å². The normalized spacial score (nSPS) is 19.1. The molecule has 0 amide bonds. The van der Waals surface area contributed by atoms with Crippen LogP contribution < -0.4 is 5.32 Å². The molecule has 1 atom stereocenters. The number of fused-ring (bicyclic) bond motifs is 1. The molecule has 0 spiro atoms. The van der Waals surface area contributed by atoms with Gasteiger partial charge in [-0.15, -0.1) is 0 Å². The van der Waals surface area contributed by atoms with E-state index in [0.717, 1.165) is 43.4 Å². The molecule has 1 aliphatic heterocycles. The molecule has 0 radical (unpaired) electrons. The SMILES string of the molecule is CN=C(NCc1cn2ccccc2n1)N1CCC(COC)C1. The lowest BCUT2D eigenvalue weighted by Gasteiger charge is -2.21. The Hall–Kier alpha value is -2.08. The first-order chi connectivity index (χ1) is 10.8. The zero-order valence-corrected chi connectivity index (χ0v) is 13.2. The van der Waals surface area contributed by atoms with Crippen molar-refractivity contribution in [2.75, 3.05) is 33.9 Å². The molecule has 3 rings (SSSR count). The van der Waals surface area contributed by atoms with E-state index in [-0.39, 0.29) is 0 Å². The molecule has 0 bridgehead atoms. The van der Waals surface area contributed by atoms with Crippen LogP contribution in [0, 0.1) is 5.92 Å². The Labute approximate surface area is 130 Å². The van der Waals surface area contributed by atoms with Gasteiger partial charge in [0.05, 0.1) is 18.8 Å². The van der Waals surface area contributed by atoms with E-state index in [1.54, 1.807) is 7.11 Å². The topological polar surface area (TPSA) is 54.2 Å². The van der Waals surface area contributed by atoms with Crippen LogP contribution in [0.1, 0.15) is 12.1 Å². The highest BCUT2D eigenvalue weighted by Gasteiger charge is 2.24. The highest BCUT2D eigenvalue weighted by Crippen LogP contribution is 2.16. The molecule has 1 saturated heterocycles. The standard InChI is InChI=1S/C16H23N5O/c1-17-16(21-8-6-13(10-21)12-22-2)18-9-14-11-20-7-4-3-5-15(20)19-14/h3-5,7,11,13H,6,8-10,12H2,1-2H3,(H,17,18). The van der Waals surface area contributed by atoms with Crippen LogP contribution in [0.15, 0.2) is 35.6 Å². The van der Waals surface area contributed by atoms with Crippen LogP contribution in [0.4, 0.5) is 0 Å². The van der Waals surface area contributed by atoms with Crippen molar-refractivity contribution in [3.05, 3.63) is 36.3 Å². The van der Waals surface area contributed by atoms with Gasteiger partial charge in [-0.3, -0.25) is 4.99 Å². The maximum Gasteiger partial charge on any atom is 0.193 e. The fraction of sp³-hybridized carbons (Fsp3) is 0.500. The van der Waals surface area contributed by atoms with E-state index < -0.39 is 0 Å². The molecule has 2 aromatic heterocycles. The third kappa shape index (κ3) is 3.22. The number of imidazole rings is 1. The molecule has 6 nitrogen and oxygen atoms in total. The van der Waals surface area contributed by atoms with Gasteiger partial charge < -0.3 is 19.4 Å². The van der Waals surface area contributed by atoms with Gasteiger partial charge in [0.15, 0.2) is 5.96 Å². The van der Waals surface area contributed by atoms with Gasteiger partial charge in [0, 0.05) is 45.6 Å². The van der Waals surface area contributed by atoms with Crippen LogP contribution in [-0.4, -0.2) is 54.1 Å². The lowest BCUT2D eigenvalue weighted by molar-refractivity contribution is 0.157. The molecule has 0 aromatic carbocycles. The van der Waals surface area contributed by atoms with Crippen molar-refractivity contribution in [3.8, 4) is 0 Å². The minimum absolute atomic E-state index is 0.596. The number of nitrogens with one attached hydrogen (secondary N) is 1. The Morgan fingerprint density at radius 3 is 3.18 bits per heavy atom. The molecule has 0 saturated carbocycles. The van der Waals surface area contributed by atoms with E-state index >= 15 is 0 Å². The number of hydrogen-bond acceptors (Lipinski definition) is 3. The number of aliphatic imine (C=N–C) groups is 1. The Balaban J connectivity index is 1.59. The van der Waals surface area contributed by atoms with E-state index in [4.69, 9.17) is 4.74 Å². The fourth-order valence-corrected chi connectivity index (χ4v) is 2.97.